The highest BCUT2D eigenvalue weighted by Crippen LogP contribution is 2.19. The van der Waals surface area contributed by atoms with E-state index >= 15 is 0 Å². The molecule has 0 atom stereocenters. The Morgan fingerprint density at radius 1 is 1.20 bits per heavy atom. The summed E-state index contributed by atoms with van der Waals surface area (Å²) in [6.45, 7) is 1.96. The van der Waals surface area contributed by atoms with E-state index in [1.54, 1.807) is 37.4 Å². The summed E-state index contributed by atoms with van der Waals surface area (Å²) in [5, 5.41) is 7.57. The third-order valence-electron chi connectivity index (χ3n) is 4.63. The maximum atomic E-state index is 12.4. The van der Waals surface area contributed by atoms with Crippen molar-refractivity contribution in [2.45, 2.75) is 19.8 Å². The van der Waals surface area contributed by atoms with Crippen LogP contribution in [-0.2, 0) is 11.2 Å². The smallest absolute Gasteiger partial charge is 0.259 e. The van der Waals surface area contributed by atoms with E-state index in [4.69, 9.17) is 9.26 Å². The standard InChI is InChI=1S/C22H20N4O4/c1-13-6-7-14-11-17(22(28)24-18(14)10-13)21-25-20(30-26-21)9-8-19(27)23-15-4-3-5-16(12-15)29-2/h3-7,10-12H,8-9H2,1-2H3,(H,23,27)(H,24,28). The number of anilines is 1. The molecule has 0 bridgehead atoms. The molecule has 0 spiro atoms. The number of nitrogens with one attached hydrogen (secondary N) is 2. The molecule has 0 saturated carbocycles. The lowest BCUT2D eigenvalue weighted by atomic mass is 10.1. The number of nitrogens with zero attached hydrogens (tertiary/aromatic N) is 2. The number of aromatic amines is 1. The van der Waals surface area contributed by atoms with E-state index in [1.165, 1.54) is 0 Å². The van der Waals surface area contributed by atoms with Gasteiger partial charge in [0.25, 0.3) is 5.56 Å². The lowest BCUT2D eigenvalue weighted by Crippen LogP contribution is -2.12. The SMILES string of the molecule is COc1cccc(NC(=O)CCc2nc(-c3cc4ccc(C)cc4[nH]c3=O)no2)c1. The number of aryl methyl sites for hydroxylation is 2. The molecule has 2 N–H and O–H groups in total. The number of aromatic nitrogens is 3. The van der Waals surface area contributed by atoms with Gasteiger partial charge in [-0.25, -0.2) is 0 Å². The molecule has 30 heavy (non-hydrogen) atoms. The van der Waals surface area contributed by atoms with Gasteiger partial charge in [-0.05, 0) is 42.1 Å². The van der Waals surface area contributed by atoms with Crippen molar-refractivity contribution in [1.29, 1.82) is 0 Å². The first-order valence-corrected chi connectivity index (χ1v) is 9.42. The van der Waals surface area contributed by atoms with Crippen molar-refractivity contribution >= 4 is 22.5 Å². The second kappa shape index (κ2) is 8.20. The molecule has 8 heteroatoms. The summed E-state index contributed by atoms with van der Waals surface area (Å²) in [6, 6.07) is 14.6. The third kappa shape index (κ3) is 4.22. The number of ether oxygens (including phenoxy) is 1. The lowest BCUT2D eigenvalue weighted by molar-refractivity contribution is -0.116. The van der Waals surface area contributed by atoms with Crippen LogP contribution in [0.15, 0.2) is 57.8 Å². The average molecular weight is 404 g/mol. The molecule has 2 aromatic carbocycles. The van der Waals surface area contributed by atoms with Gasteiger partial charge in [-0.2, -0.15) is 4.98 Å². The van der Waals surface area contributed by atoms with E-state index in [-0.39, 0.29) is 36.0 Å². The van der Waals surface area contributed by atoms with Gasteiger partial charge in [-0.3, -0.25) is 9.59 Å². The second-order valence-electron chi connectivity index (χ2n) is 6.89. The minimum atomic E-state index is -0.295. The van der Waals surface area contributed by atoms with Crippen LogP contribution in [0, 0.1) is 6.92 Å². The number of carbonyl (C=O) groups is 1. The number of benzene rings is 2. The Balaban J connectivity index is 1.45. The molecule has 0 aliphatic heterocycles. The zero-order chi connectivity index (χ0) is 21.1. The average Bonchev–Trinajstić information content (AvgIpc) is 3.20. The molecule has 8 nitrogen and oxygen atoms in total. The van der Waals surface area contributed by atoms with Gasteiger partial charge in [0.15, 0.2) is 0 Å². The summed E-state index contributed by atoms with van der Waals surface area (Å²) >= 11 is 0. The van der Waals surface area contributed by atoms with E-state index in [0.717, 1.165) is 16.5 Å². The number of fused-ring (bicyclic) bond motifs is 1. The fraction of sp³-hybridized carbons (Fsp3) is 0.182. The van der Waals surface area contributed by atoms with Crippen molar-refractivity contribution in [2.75, 3.05) is 12.4 Å². The fourth-order valence-corrected chi connectivity index (χ4v) is 3.09. The van der Waals surface area contributed by atoms with E-state index in [0.29, 0.717) is 17.0 Å². The van der Waals surface area contributed by atoms with Gasteiger partial charge in [0.2, 0.25) is 17.6 Å². The van der Waals surface area contributed by atoms with E-state index < -0.39 is 0 Å². The number of amides is 1. The fourth-order valence-electron chi connectivity index (χ4n) is 3.09. The van der Waals surface area contributed by atoms with Gasteiger partial charge in [-0.15, -0.1) is 0 Å². The molecule has 0 unspecified atom stereocenters. The highest BCUT2D eigenvalue weighted by molar-refractivity contribution is 5.91. The number of hydrogen-bond acceptors (Lipinski definition) is 6. The largest absolute Gasteiger partial charge is 0.497 e. The molecule has 2 heterocycles. The Morgan fingerprint density at radius 2 is 2.07 bits per heavy atom. The van der Waals surface area contributed by atoms with E-state index in [9.17, 15) is 9.59 Å². The number of methoxy groups -OCH3 is 1. The van der Waals surface area contributed by atoms with Gasteiger partial charge in [0.05, 0.1) is 12.7 Å². The molecule has 2 aromatic heterocycles. The van der Waals surface area contributed by atoms with E-state index in [2.05, 4.69) is 20.4 Å². The number of pyridine rings is 1. The quantitative estimate of drug-likeness (QED) is 0.509. The van der Waals surface area contributed by atoms with Crippen LogP contribution in [0.1, 0.15) is 17.9 Å². The lowest BCUT2D eigenvalue weighted by Gasteiger charge is -2.06. The minimum Gasteiger partial charge on any atom is -0.497 e. The van der Waals surface area contributed by atoms with Crippen molar-refractivity contribution < 1.29 is 14.1 Å². The maximum absolute atomic E-state index is 12.4. The van der Waals surface area contributed by atoms with Crippen molar-refractivity contribution in [2.24, 2.45) is 0 Å². The van der Waals surface area contributed by atoms with Gasteiger partial charge < -0.3 is 19.6 Å². The Labute approximate surface area is 171 Å². The summed E-state index contributed by atoms with van der Waals surface area (Å²) in [7, 11) is 1.57. The first-order valence-electron chi connectivity index (χ1n) is 9.42. The molecule has 0 saturated heterocycles. The van der Waals surface area contributed by atoms with Crippen LogP contribution in [0.25, 0.3) is 22.3 Å². The Hall–Kier alpha value is -3.94. The van der Waals surface area contributed by atoms with Crippen LogP contribution in [0.4, 0.5) is 5.69 Å². The summed E-state index contributed by atoms with van der Waals surface area (Å²) in [4.78, 5) is 31.7. The third-order valence-corrected chi connectivity index (χ3v) is 4.63. The van der Waals surface area contributed by atoms with E-state index in [1.807, 2.05) is 25.1 Å². The first-order chi connectivity index (χ1) is 14.5. The predicted octanol–water partition coefficient (Wildman–Crippen LogP) is 3.47. The monoisotopic (exact) mass is 404 g/mol. The number of hydrogen-bond donors (Lipinski definition) is 2. The van der Waals surface area contributed by atoms with Crippen molar-refractivity contribution in [1.82, 2.24) is 15.1 Å². The molecule has 4 aromatic rings. The number of H-pyrrole nitrogens is 1. The van der Waals surface area contributed by atoms with Crippen LogP contribution in [-0.4, -0.2) is 28.1 Å². The molecular formula is C22H20N4O4. The molecule has 0 aliphatic rings. The number of carbonyl (C=O) groups excluding carboxylic acids is 1. The second-order valence-corrected chi connectivity index (χ2v) is 6.89. The van der Waals surface area contributed by atoms with Gasteiger partial charge in [0.1, 0.15) is 5.75 Å². The first kappa shape index (κ1) is 19.4. The Morgan fingerprint density at radius 3 is 2.90 bits per heavy atom. The van der Waals surface area contributed by atoms with Crippen LogP contribution in [0.3, 0.4) is 0 Å². The summed E-state index contributed by atoms with van der Waals surface area (Å²) in [5.74, 6) is 0.947. The summed E-state index contributed by atoms with van der Waals surface area (Å²) < 4.78 is 10.4. The normalized spacial score (nSPS) is 10.9. The van der Waals surface area contributed by atoms with Gasteiger partial charge in [0, 0.05) is 30.1 Å². The van der Waals surface area contributed by atoms with Crippen LogP contribution >= 0.6 is 0 Å². The molecular weight excluding hydrogens is 384 g/mol. The predicted molar refractivity (Wildman–Crippen MR) is 113 cm³/mol. The van der Waals surface area contributed by atoms with Crippen LogP contribution < -0.4 is 15.6 Å². The minimum absolute atomic E-state index is 0.159. The van der Waals surface area contributed by atoms with Crippen molar-refractivity contribution in [3.63, 3.8) is 0 Å². The molecule has 0 aliphatic carbocycles. The maximum Gasteiger partial charge on any atom is 0.259 e. The zero-order valence-corrected chi connectivity index (χ0v) is 16.6. The molecule has 0 fully saturated rings. The topological polar surface area (TPSA) is 110 Å². The molecule has 1 amide bonds. The Bertz CT molecular complexity index is 1280. The molecule has 0 radical (unpaired) electrons. The van der Waals surface area contributed by atoms with Crippen LogP contribution in [0.5, 0.6) is 5.75 Å². The van der Waals surface area contributed by atoms with Gasteiger partial charge in [-0.1, -0.05) is 23.4 Å². The molecule has 4 rings (SSSR count). The highest BCUT2D eigenvalue weighted by Gasteiger charge is 2.14. The highest BCUT2D eigenvalue weighted by atomic mass is 16.5. The van der Waals surface area contributed by atoms with Gasteiger partial charge >= 0.3 is 0 Å². The Kier molecular flexibility index (Phi) is 5.30. The number of rotatable bonds is 6. The summed E-state index contributed by atoms with van der Waals surface area (Å²) in [6.07, 6.45) is 0.416. The zero-order valence-electron chi connectivity index (χ0n) is 16.6. The van der Waals surface area contributed by atoms with Crippen molar-refractivity contribution in [3.05, 3.63) is 70.3 Å². The summed E-state index contributed by atoms with van der Waals surface area (Å²) in [5.41, 5.74) is 2.48. The molecule has 152 valence electrons. The van der Waals surface area contributed by atoms with Crippen LogP contribution in [0.2, 0.25) is 0 Å². The van der Waals surface area contributed by atoms with Crippen molar-refractivity contribution in [3.8, 4) is 17.1 Å².